The number of anilines is 4. The Labute approximate surface area is 336 Å². The molecule has 0 saturated heterocycles. The van der Waals surface area contributed by atoms with Crippen molar-refractivity contribution < 1.29 is 50.5 Å². The first-order valence-corrected chi connectivity index (χ1v) is 18.5. The van der Waals surface area contributed by atoms with Crippen LogP contribution in [0.2, 0.25) is 0 Å². The molecule has 8 aromatic rings. The average Bonchev–Trinajstić information content (AvgIpc) is 3.89. The monoisotopic (exact) mass is 792 g/mol. The number of hydrogen-bond donors (Lipinski definition) is 11. The third-order valence-corrected chi connectivity index (χ3v) is 11.6. The quantitative estimate of drug-likeness (QED) is 0.0206. The zero-order valence-corrected chi connectivity index (χ0v) is 31.2. The Morgan fingerprint density at radius 3 is 1.17 bits per heavy atom. The Kier molecular flexibility index (Phi) is 8.39. The fourth-order valence-electron chi connectivity index (χ4n) is 8.90. The maximum atomic E-state index is 11.4. The minimum atomic E-state index is -1.08. The lowest BCUT2D eigenvalue weighted by Gasteiger charge is -2.28. The summed E-state index contributed by atoms with van der Waals surface area (Å²) in [6, 6.07) is 26.9. The number of hydrogen-bond acceptors (Lipinski definition) is 13. The highest BCUT2D eigenvalue weighted by Gasteiger charge is 2.32. The molecule has 2 heterocycles. The van der Waals surface area contributed by atoms with Gasteiger partial charge in [-0.2, -0.15) is 0 Å². The molecule has 14 heteroatoms. The molecular formula is C44H33BN2O10S. The van der Waals surface area contributed by atoms with Gasteiger partial charge >= 0.3 is 0 Å². The molecule has 288 valence electrons. The Morgan fingerprint density at radius 1 is 0.414 bits per heavy atom. The summed E-state index contributed by atoms with van der Waals surface area (Å²) in [5.41, 5.74) is 4.79. The summed E-state index contributed by atoms with van der Waals surface area (Å²) in [5, 5.41) is 103. The van der Waals surface area contributed by atoms with Crippen LogP contribution in [0.5, 0.6) is 51.7 Å². The number of phenolic OH excluding ortho intramolecular Hbond substituents is 9. The van der Waals surface area contributed by atoms with Gasteiger partial charge in [-0.25, -0.2) is 0 Å². The highest BCUT2D eigenvalue weighted by molar-refractivity contribution is 7.74. The second-order valence-corrected chi connectivity index (χ2v) is 14.3. The SMILES string of the molecule is OS.[B]c1c(O)c(O)c(-c2cc(N3CCc4ccccc43)c3ccc4c(-c5c(O)c(O)c(O)c(O)c5O)cc(N5CCc6ccccc65)c5ccc2c3c45)c(O)c1O. The molecule has 0 spiro atoms. The van der Waals surface area contributed by atoms with E-state index in [1.165, 1.54) is 0 Å². The summed E-state index contributed by atoms with van der Waals surface area (Å²) in [6.07, 6.45) is 1.47. The maximum Gasteiger partial charge on any atom is 0.208 e. The van der Waals surface area contributed by atoms with Crippen molar-refractivity contribution in [1.29, 1.82) is 0 Å². The van der Waals surface area contributed by atoms with Crippen LogP contribution < -0.4 is 15.3 Å². The van der Waals surface area contributed by atoms with Crippen LogP contribution in [0.25, 0.3) is 54.6 Å². The Morgan fingerprint density at radius 2 is 0.759 bits per heavy atom. The summed E-state index contributed by atoms with van der Waals surface area (Å²) >= 11 is 2.53. The van der Waals surface area contributed by atoms with Gasteiger partial charge < -0.3 is 60.3 Å². The van der Waals surface area contributed by atoms with Gasteiger partial charge in [0, 0.05) is 57.4 Å². The van der Waals surface area contributed by atoms with E-state index < -0.39 is 57.2 Å². The zero-order valence-electron chi connectivity index (χ0n) is 30.3. The van der Waals surface area contributed by atoms with Crippen molar-refractivity contribution in [1.82, 2.24) is 0 Å². The van der Waals surface area contributed by atoms with Crippen LogP contribution in [0, 0.1) is 0 Å². The van der Waals surface area contributed by atoms with Gasteiger partial charge in [0.15, 0.2) is 34.5 Å². The third kappa shape index (κ3) is 4.95. The van der Waals surface area contributed by atoms with Crippen LogP contribution in [0.4, 0.5) is 22.7 Å². The Bertz CT molecular complexity index is 2770. The number of fused-ring (bicyclic) bond motifs is 2. The van der Waals surface area contributed by atoms with Crippen molar-refractivity contribution in [3.8, 4) is 74.0 Å². The molecule has 0 fully saturated rings. The number of nitrogens with zero attached hydrogens (tertiary/aromatic N) is 2. The van der Waals surface area contributed by atoms with Crippen LogP contribution >= 0.6 is 12.9 Å². The van der Waals surface area contributed by atoms with Gasteiger partial charge in [0.1, 0.15) is 7.85 Å². The van der Waals surface area contributed by atoms with E-state index in [-0.39, 0.29) is 22.3 Å². The lowest BCUT2D eigenvalue weighted by molar-refractivity contribution is 0.330. The van der Waals surface area contributed by atoms with Gasteiger partial charge in [0.25, 0.3) is 0 Å². The number of benzene rings is 8. The van der Waals surface area contributed by atoms with Crippen molar-refractivity contribution in [2.45, 2.75) is 12.8 Å². The predicted octanol–water partition coefficient (Wildman–Crippen LogP) is 7.84. The van der Waals surface area contributed by atoms with Gasteiger partial charge in [-0.3, -0.25) is 0 Å². The third-order valence-electron chi connectivity index (χ3n) is 11.6. The van der Waals surface area contributed by atoms with Crippen LogP contribution in [-0.2, 0) is 12.8 Å². The molecular weight excluding hydrogens is 759 g/mol. The van der Waals surface area contributed by atoms with E-state index in [4.69, 9.17) is 12.4 Å². The van der Waals surface area contributed by atoms with E-state index in [9.17, 15) is 46.0 Å². The summed E-state index contributed by atoms with van der Waals surface area (Å²) < 4.78 is 6.69. The largest absolute Gasteiger partial charge is 0.505 e. The van der Waals surface area contributed by atoms with E-state index in [1.54, 1.807) is 12.1 Å². The smallest absolute Gasteiger partial charge is 0.208 e. The van der Waals surface area contributed by atoms with Crippen LogP contribution in [0.3, 0.4) is 0 Å². The number of para-hydroxylation sites is 2. The fourth-order valence-corrected chi connectivity index (χ4v) is 8.90. The van der Waals surface area contributed by atoms with Crippen molar-refractivity contribution in [2.24, 2.45) is 0 Å². The number of rotatable bonds is 4. The standard InChI is InChI=1S/C44H31BN2O9.H2OS/c45-35-40(52)36(48)33(37(49)41(35)53)25-17-29(46-15-13-19-5-1-3-7-27(19)46)23-12-10-22-26(34-38(50)42(54)44(56)43(55)39(34)51)18-30(24-11-9-21(25)31(23)32(22)24)47-16-14-20-6-2-4-8-28(20)47;1-2/h1-12,17-18,48-56H,13-16H2;1-2H. The molecule has 10 rings (SSSR count). The zero-order chi connectivity index (χ0) is 40.9. The van der Waals surface area contributed by atoms with Crippen LogP contribution in [-0.4, -0.2) is 71.4 Å². The average molecular weight is 793 g/mol. The molecule has 12 nitrogen and oxygen atoms in total. The summed E-state index contributed by atoms with van der Waals surface area (Å²) in [5.74, 6) is -7.88. The Balaban J connectivity index is 0.00000215. The minimum Gasteiger partial charge on any atom is -0.505 e. The Hall–Kier alpha value is -7.03. The molecule has 2 aliphatic heterocycles. The van der Waals surface area contributed by atoms with Crippen molar-refractivity contribution in [3.05, 3.63) is 96.1 Å². The van der Waals surface area contributed by atoms with Crippen molar-refractivity contribution >= 4 is 81.3 Å². The highest BCUT2D eigenvalue weighted by atomic mass is 32.1. The van der Waals surface area contributed by atoms with Crippen molar-refractivity contribution in [2.75, 3.05) is 22.9 Å². The van der Waals surface area contributed by atoms with Crippen LogP contribution in [0.1, 0.15) is 11.1 Å². The normalized spacial score (nSPS) is 13.3. The molecule has 2 aliphatic rings. The minimum absolute atomic E-state index is 0.221. The van der Waals surface area contributed by atoms with E-state index in [0.29, 0.717) is 46.0 Å². The molecule has 2 radical (unpaired) electrons. The number of phenols is 9. The number of thiol groups is 1. The predicted molar refractivity (Wildman–Crippen MR) is 227 cm³/mol. The van der Waals surface area contributed by atoms with Crippen LogP contribution in [0.15, 0.2) is 84.9 Å². The molecule has 0 atom stereocenters. The highest BCUT2D eigenvalue weighted by Crippen LogP contribution is 2.59. The van der Waals surface area contributed by atoms with E-state index in [2.05, 4.69) is 22.7 Å². The number of aromatic hydroxyl groups is 9. The molecule has 0 aromatic heterocycles. The molecule has 58 heavy (non-hydrogen) atoms. The molecule has 0 amide bonds. The topological polar surface area (TPSA) is 209 Å². The van der Waals surface area contributed by atoms with E-state index in [0.717, 1.165) is 46.1 Å². The van der Waals surface area contributed by atoms with E-state index >= 15 is 0 Å². The van der Waals surface area contributed by atoms with Crippen molar-refractivity contribution in [3.63, 3.8) is 0 Å². The summed E-state index contributed by atoms with van der Waals surface area (Å²) in [6.45, 7) is 1.17. The van der Waals surface area contributed by atoms with Gasteiger partial charge in [-0.15, -0.1) is 0 Å². The van der Waals surface area contributed by atoms with E-state index in [1.807, 2.05) is 72.8 Å². The lowest BCUT2D eigenvalue weighted by atomic mass is 9.83. The summed E-state index contributed by atoms with van der Waals surface area (Å²) in [7, 11) is 5.86. The van der Waals surface area contributed by atoms with Gasteiger partial charge in [0.2, 0.25) is 17.2 Å². The van der Waals surface area contributed by atoms with Gasteiger partial charge in [-0.05, 0) is 88.5 Å². The second-order valence-electron chi connectivity index (χ2n) is 14.3. The molecule has 0 bridgehead atoms. The molecule has 8 aromatic carbocycles. The lowest BCUT2D eigenvalue weighted by Crippen LogP contribution is -2.15. The van der Waals surface area contributed by atoms with Gasteiger partial charge in [-0.1, -0.05) is 60.7 Å². The first kappa shape index (κ1) is 36.6. The first-order valence-electron chi connectivity index (χ1n) is 18.1. The maximum absolute atomic E-state index is 11.4. The second kappa shape index (κ2) is 13.3. The summed E-state index contributed by atoms with van der Waals surface area (Å²) in [4.78, 5) is 4.24. The molecule has 0 unspecified atom stereocenters. The molecule has 10 N–H and O–H groups in total. The first-order chi connectivity index (χ1) is 28.0. The fraction of sp³-hybridized carbons (Fsp3) is 0.0909. The molecule has 0 aliphatic carbocycles. The van der Waals surface area contributed by atoms with Gasteiger partial charge in [0.05, 0.1) is 11.1 Å². The molecule has 0 saturated carbocycles.